The van der Waals surface area contributed by atoms with Crippen molar-refractivity contribution in [1.82, 2.24) is 0 Å². The minimum absolute atomic E-state index is 0.213. The Hall–Kier alpha value is -0.0900. The number of hydrogen-bond donors (Lipinski definition) is 1. The van der Waals surface area contributed by atoms with Gasteiger partial charge >= 0.3 is 0 Å². The molecule has 0 spiro atoms. The predicted octanol–water partition coefficient (Wildman–Crippen LogP) is 0.0159. The molecule has 2 N–H and O–H groups in total. The summed E-state index contributed by atoms with van der Waals surface area (Å²) >= 11 is 0. The lowest BCUT2D eigenvalue weighted by atomic mass is 10.1. The first-order chi connectivity index (χ1) is 5.03. The van der Waals surface area contributed by atoms with Gasteiger partial charge in [0, 0.05) is 6.26 Å². The first kappa shape index (κ1) is 9.00. The summed E-state index contributed by atoms with van der Waals surface area (Å²) in [5.41, 5.74) is 5.46. The zero-order chi connectivity index (χ0) is 8.48. The lowest BCUT2D eigenvalue weighted by Gasteiger charge is -2.10. The van der Waals surface area contributed by atoms with Crippen LogP contribution in [0.1, 0.15) is 12.8 Å². The van der Waals surface area contributed by atoms with Crippen molar-refractivity contribution in [2.45, 2.75) is 12.8 Å². The summed E-state index contributed by atoms with van der Waals surface area (Å²) in [6.45, 7) is 0.512. The maximum Gasteiger partial charge on any atom is 0.147 e. The Bertz CT molecular complexity index is 219. The molecule has 11 heavy (non-hydrogen) atoms. The van der Waals surface area contributed by atoms with Gasteiger partial charge in [0.15, 0.2) is 0 Å². The summed E-state index contributed by atoms with van der Waals surface area (Å²) in [6, 6.07) is 0. The molecule has 0 aromatic heterocycles. The topological polar surface area (TPSA) is 60.2 Å². The lowest BCUT2D eigenvalue weighted by molar-refractivity contribution is 0.509. The molecule has 0 aromatic carbocycles. The van der Waals surface area contributed by atoms with Crippen LogP contribution in [0.15, 0.2) is 0 Å². The Balaban J connectivity index is 2.43. The van der Waals surface area contributed by atoms with Crippen LogP contribution in [0.25, 0.3) is 0 Å². The Labute approximate surface area is 67.9 Å². The van der Waals surface area contributed by atoms with E-state index in [1.165, 1.54) is 6.26 Å². The first-order valence-corrected chi connectivity index (χ1v) is 5.97. The monoisotopic (exact) mass is 177 g/mol. The molecule has 1 rings (SSSR count). The van der Waals surface area contributed by atoms with Crippen LogP contribution in [0.4, 0.5) is 0 Å². The van der Waals surface area contributed by atoms with Crippen molar-refractivity contribution in [3.8, 4) is 0 Å². The maximum atomic E-state index is 10.9. The molecule has 1 aliphatic carbocycles. The van der Waals surface area contributed by atoms with Crippen molar-refractivity contribution in [3.63, 3.8) is 0 Å². The van der Waals surface area contributed by atoms with E-state index < -0.39 is 9.84 Å². The van der Waals surface area contributed by atoms with Crippen molar-refractivity contribution in [3.05, 3.63) is 0 Å². The highest BCUT2D eigenvalue weighted by molar-refractivity contribution is 7.90. The van der Waals surface area contributed by atoms with Crippen molar-refractivity contribution >= 4 is 9.84 Å². The second-order valence-corrected chi connectivity index (χ2v) is 5.61. The van der Waals surface area contributed by atoms with Crippen LogP contribution in [0, 0.1) is 11.8 Å². The largest absolute Gasteiger partial charge is 0.330 e. The fourth-order valence-corrected chi connectivity index (χ4v) is 2.54. The molecule has 0 aromatic rings. The number of hydrogen-bond acceptors (Lipinski definition) is 3. The van der Waals surface area contributed by atoms with Gasteiger partial charge in [-0.2, -0.15) is 0 Å². The van der Waals surface area contributed by atoms with Crippen LogP contribution >= 0.6 is 0 Å². The van der Waals surface area contributed by atoms with E-state index in [0.717, 1.165) is 12.8 Å². The van der Waals surface area contributed by atoms with Crippen LogP contribution in [0.2, 0.25) is 0 Å². The van der Waals surface area contributed by atoms with E-state index >= 15 is 0 Å². The van der Waals surface area contributed by atoms with Crippen molar-refractivity contribution < 1.29 is 8.42 Å². The summed E-state index contributed by atoms with van der Waals surface area (Å²) in [6.07, 6.45) is 3.60. The first-order valence-electron chi connectivity index (χ1n) is 3.90. The fraction of sp³-hybridized carbons (Fsp3) is 1.00. The van der Waals surface area contributed by atoms with Gasteiger partial charge in [-0.05, 0) is 31.2 Å². The second kappa shape index (κ2) is 3.11. The lowest BCUT2D eigenvalue weighted by Crippen LogP contribution is -2.24. The summed E-state index contributed by atoms with van der Waals surface area (Å²) in [7, 11) is -2.82. The van der Waals surface area contributed by atoms with Crippen LogP contribution in [-0.4, -0.2) is 27.0 Å². The minimum Gasteiger partial charge on any atom is -0.330 e. The van der Waals surface area contributed by atoms with E-state index in [4.69, 9.17) is 5.73 Å². The maximum absolute atomic E-state index is 10.9. The van der Waals surface area contributed by atoms with Crippen LogP contribution in [0.5, 0.6) is 0 Å². The van der Waals surface area contributed by atoms with Crippen LogP contribution in [-0.2, 0) is 9.84 Å². The zero-order valence-corrected chi connectivity index (χ0v) is 7.60. The van der Waals surface area contributed by atoms with Gasteiger partial charge in [-0.15, -0.1) is 0 Å². The molecular formula is C7H15NO2S. The molecule has 1 atom stereocenters. The van der Waals surface area contributed by atoms with Gasteiger partial charge in [-0.25, -0.2) is 8.42 Å². The van der Waals surface area contributed by atoms with Crippen molar-refractivity contribution in [2.75, 3.05) is 18.6 Å². The average Bonchev–Trinajstić information content (AvgIpc) is 2.61. The predicted molar refractivity (Wildman–Crippen MR) is 45.0 cm³/mol. The highest BCUT2D eigenvalue weighted by atomic mass is 32.2. The van der Waals surface area contributed by atoms with Crippen molar-refractivity contribution in [1.29, 1.82) is 0 Å². The smallest absolute Gasteiger partial charge is 0.147 e. The number of rotatable bonds is 4. The van der Waals surface area contributed by atoms with E-state index in [9.17, 15) is 8.42 Å². The third kappa shape index (κ3) is 3.20. The molecule has 66 valence electrons. The highest BCUT2D eigenvalue weighted by Gasteiger charge is 2.32. The third-order valence-corrected chi connectivity index (χ3v) is 3.14. The standard InChI is InChI=1S/C7H15NO2S/c1-11(9,10)5-7(4-8)6-2-3-6/h6-7H,2-5,8H2,1H3. The van der Waals surface area contributed by atoms with Gasteiger partial charge in [0.25, 0.3) is 0 Å². The third-order valence-electron chi connectivity index (χ3n) is 2.11. The molecule has 1 unspecified atom stereocenters. The Morgan fingerprint density at radius 3 is 2.36 bits per heavy atom. The van der Waals surface area contributed by atoms with Crippen LogP contribution < -0.4 is 5.73 Å². The van der Waals surface area contributed by atoms with Gasteiger partial charge in [0.1, 0.15) is 9.84 Å². The van der Waals surface area contributed by atoms with E-state index in [1.54, 1.807) is 0 Å². The Morgan fingerprint density at radius 2 is 2.09 bits per heavy atom. The molecule has 1 fully saturated rings. The molecule has 0 amide bonds. The molecule has 4 heteroatoms. The van der Waals surface area contributed by atoms with E-state index in [0.29, 0.717) is 12.5 Å². The van der Waals surface area contributed by atoms with E-state index in [1.807, 2.05) is 0 Å². The summed E-state index contributed by atoms with van der Waals surface area (Å²) in [5, 5.41) is 0. The zero-order valence-electron chi connectivity index (χ0n) is 6.79. The molecule has 0 aliphatic heterocycles. The summed E-state index contributed by atoms with van der Waals surface area (Å²) < 4.78 is 21.8. The summed E-state index contributed by atoms with van der Waals surface area (Å²) in [5.74, 6) is 1.08. The Kier molecular flexibility index (Phi) is 2.54. The fourth-order valence-electron chi connectivity index (χ4n) is 1.35. The van der Waals surface area contributed by atoms with E-state index in [-0.39, 0.29) is 11.7 Å². The number of nitrogens with two attached hydrogens (primary N) is 1. The second-order valence-electron chi connectivity index (χ2n) is 3.43. The number of sulfone groups is 1. The molecule has 0 saturated heterocycles. The molecular weight excluding hydrogens is 162 g/mol. The van der Waals surface area contributed by atoms with Gasteiger partial charge < -0.3 is 5.73 Å². The van der Waals surface area contributed by atoms with E-state index in [2.05, 4.69) is 0 Å². The molecule has 0 bridgehead atoms. The van der Waals surface area contributed by atoms with Crippen LogP contribution in [0.3, 0.4) is 0 Å². The minimum atomic E-state index is -2.82. The molecule has 0 radical (unpaired) electrons. The van der Waals surface area contributed by atoms with Crippen molar-refractivity contribution in [2.24, 2.45) is 17.6 Å². The molecule has 1 aliphatic rings. The quantitative estimate of drug-likeness (QED) is 0.658. The van der Waals surface area contributed by atoms with Gasteiger partial charge in [0.2, 0.25) is 0 Å². The van der Waals surface area contributed by atoms with Gasteiger partial charge in [-0.1, -0.05) is 0 Å². The SMILES string of the molecule is CS(=O)(=O)CC(CN)C1CC1. The normalized spacial score (nSPS) is 21.6. The molecule has 1 saturated carbocycles. The molecule has 3 nitrogen and oxygen atoms in total. The highest BCUT2D eigenvalue weighted by Crippen LogP contribution is 2.36. The average molecular weight is 177 g/mol. The van der Waals surface area contributed by atoms with Gasteiger partial charge in [0.05, 0.1) is 5.75 Å². The Morgan fingerprint density at radius 1 is 1.55 bits per heavy atom. The molecule has 0 heterocycles. The summed E-state index contributed by atoms with van der Waals surface area (Å²) in [4.78, 5) is 0. The van der Waals surface area contributed by atoms with Gasteiger partial charge in [-0.3, -0.25) is 0 Å².